The normalized spacial score (nSPS) is 10.3. The lowest BCUT2D eigenvalue weighted by atomic mass is 10.1. The van der Waals surface area contributed by atoms with Crippen molar-refractivity contribution in [2.24, 2.45) is 5.92 Å². The van der Waals surface area contributed by atoms with E-state index in [1.165, 1.54) is 18.2 Å². The largest absolute Gasteiger partial charge is 0.273 e. The van der Waals surface area contributed by atoms with E-state index < -0.39 is 11.7 Å². The van der Waals surface area contributed by atoms with E-state index in [-0.39, 0.29) is 17.4 Å². The third kappa shape index (κ3) is 4.44. The Bertz CT molecular complexity index is 463. The zero-order valence-electron chi connectivity index (χ0n) is 10.1. The lowest BCUT2D eigenvalue weighted by Crippen LogP contribution is -2.42. The molecule has 0 aliphatic heterocycles. The van der Waals surface area contributed by atoms with E-state index in [9.17, 15) is 14.0 Å². The molecule has 0 heterocycles. The number of carbonyl (C=O) groups excluding carboxylic acids is 2. The standard InChI is InChI=1S/C12H14BrFN2O2/c1-7(2)5-11(17)15-16-12(18)9-4-3-8(14)6-10(9)13/h3-4,6-7H,5H2,1-2H3,(H,15,17)(H,16,18). The van der Waals surface area contributed by atoms with E-state index >= 15 is 0 Å². The molecule has 0 aliphatic carbocycles. The number of hydrogen-bond donors (Lipinski definition) is 2. The molecular formula is C12H14BrFN2O2. The number of hydrogen-bond acceptors (Lipinski definition) is 2. The second kappa shape index (κ2) is 6.49. The van der Waals surface area contributed by atoms with Crippen molar-refractivity contribution < 1.29 is 14.0 Å². The number of rotatable bonds is 3. The van der Waals surface area contributed by atoms with Crippen LogP contribution < -0.4 is 10.9 Å². The molecule has 0 fully saturated rings. The van der Waals surface area contributed by atoms with Crippen molar-refractivity contribution in [3.05, 3.63) is 34.1 Å². The Morgan fingerprint density at radius 2 is 2.00 bits per heavy atom. The minimum Gasteiger partial charge on any atom is -0.273 e. The Kier molecular flexibility index (Phi) is 5.27. The van der Waals surface area contributed by atoms with Gasteiger partial charge in [0, 0.05) is 10.9 Å². The zero-order chi connectivity index (χ0) is 13.7. The molecule has 0 unspecified atom stereocenters. The van der Waals surface area contributed by atoms with E-state index in [0.717, 1.165) is 0 Å². The summed E-state index contributed by atoms with van der Waals surface area (Å²) in [5.74, 6) is -1.00. The Hall–Kier alpha value is -1.43. The summed E-state index contributed by atoms with van der Waals surface area (Å²) in [6.45, 7) is 3.80. The fraction of sp³-hybridized carbons (Fsp3) is 0.333. The van der Waals surface area contributed by atoms with Gasteiger partial charge in [-0.1, -0.05) is 13.8 Å². The van der Waals surface area contributed by atoms with Gasteiger partial charge in [0.05, 0.1) is 5.56 Å². The molecular weight excluding hydrogens is 303 g/mol. The fourth-order valence-electron chi connectivity index (χ4n) is 1.29. The molecule has 0 aromatic heterocycles. The van der Waals surface area contributed by atoms with Gasteiger partial charge in [-0.2, -0.15) is 0 Å². The smallest absolute Gasteiger partial charge is 0.270 e. The van der Waals surface area contributed by atoms with Crippen LogP contribution in [-0.2, 0) is 4.79 Å². The first-order valence-electron chi connectivity index (χ1n) is 5.44. The minimum atomic E-state index is -0.501. The molecule has 1 aromatic carbocycles. The molecule has 4 nitrogen and oxygen atoms in total. The van der Waals surface area contributed by atoms with Crippen LogP contribution in [0.2, 0.25) is 0 Å². The summed E-state index contributed by atoms with van der Waals surface area (Å²) in [6, 6.07) is 3.70. The molecule has 0 bridgehead atoms. The Morgan fingerprint density at radius 3 is 2.56 bits per heavy atom. The summed E-state index contributed by atoms with van der Waals surface area (Å²) in [7, 11) is 0. The zero-order valence-corrected chi connectivity index (χ0v) is 11.7. The van der Waals surface area contributed by atoms with Crippen LogP contribution in [-0.4, -0.2) is 11.8 Å². The first-order valence-corrected chi connectivity index (χ1v) is 6.23. The van der Waals surface area contributed by atoms with Crippen LogP contribution in [0.3, 0.4) is 0 Å². The van der Waals surface area contributed by atoms with Gasteiger partial charge in [-0.05, 0) is 40.0 Å². The molecule has 0 aliphatic rings. The van der Waals surface area contributed by atoms with Crippen LogP contribution in [0.1, 0.15) is 30.6 Å². The highest BCUT2D eigenvalue weighted by Gasteiger charge is 2.12. The van der Waals surface area contributed by atoms with E-state index in [4.69, 9.17) is 0 Å². The second-order valence-electron chi connectivity index (χ2n) is 4.22. The summed E-state index contributed by atoms with van der Waals surface area (Å²) in [6.07, 6.45) is 0.324. The van der Waals surface area contributed by atoms with Gasteiger partial charge in [0.2, 0.25) is 5.91 Å². The average Bonchev–Trinajstić information content (AvgIpc) is 2.25. The maximum atomic E-state index is 12.8. The molecule has 2 N–H and O–H groups in total. The number of amides is 2. The molecule has 1 rings (SSSR count). The van der Waals surface area contributed by atoms with Crippen molar-refractivity contribution in [3.8, 4) is 0 Å². The summed E-state index contributed by atoms with van der Waals surface area (Å²) in [4.78, 5) is 23.0. The van der Waals surface area contributed by atoms with E-state index in [2.05, 4.69) is 26.8 Å². The van der Waals surface area contributed by atoms with Crippen molar-refractivity contribution in [2.45, 2.75) is 20.3 Å². The number of benzene rings is 1. The molecule has 18 heavy (non-hydrogen) atoms. The van der Waals surface area contributed by atoms with Gasteiger partial charge in [-0.15, -0.1) is 0 Å². The summed E-state index contributed by atoms with van der Waals surface area (Å²) in [5.41, 5.74) is 4.83. The van der Waals surface area contributed by atoms with Gasteiger partial charge in [0.15, 0.2) is 0 Å². The fourth-order valence-corrected chi connectivity index (χ4v) is 1.82. The van der Waals surface area contributed by atoms with Crippen LogP contribution in [0, 0.1) is 11.7 Å². The Balaban J connectivity index is 2.58. The highest BCUT2D eigenvalue weighted by Crippen LogP contribution is 2.17. The molecule has 0 spiro atoms. The Morgan fingerprint density at radius 1 is 1.33 bits per heavy atom. The van der Waals surface area contributed by atoms with Crippen molar-refractivity contribution in [1.82, 2.24) is 10.9 Å². The molecule has 6 heteroatoms. The molecule has 1 aromatic rings. The third-order valence-corrected chi connectivity index (χ3v) is 2.74. The quantitative estimate of drug-likeness (QED) is 0.841. The lowest BCUT2D eigenvalue weighted by molar-refractivity contribution is -0.122. The van der Waals surface area contributed by atoms with Crippen LogP contribution in [0.5, 0.6) is 0 Å². The van der Waals surface area contributed by atoms with Gasteiger partial charge in [0.25, 0.3) is 5.91 Å². The number of halogens is 2. The van der Waals surface area contributed by atoms with Crippen LogP contribution in [0.25, 0.3) is 0 Å². The summed E-state index contributed by atoms with van der Waals surface area (Å²) >= 11 is 3.08. The predicted molar refractivity (Wildman–Crippen MR) is 69.2 cm³/mol. The van der Waals surface area contributed by atoms with Crippen LogP contribution in [0.15, 0.2) is 22.7 Å². The molecule has 0 radical (unpaired) electrons. The highest BCUT2D eigenvalue weighted by molar-refractivity contribution is 9.10. The molecule has 2 amide bonds. The lowest BCUT2D eigenvalue weighted by Gasteiger charge is -2.09. The van der Waals surface area contributed by atoms with Gasteiger partial charge in [-0.3, -0.25) is 20.4 Å². The van der Waals surface area contributed by atoms with Crippen LogP contribution in [0.4, 0.5) is 4.39 Å². The average molecular weight is 317 g/mol. The van der Waals surface area contributed by atoms with Gasteiger partial charge in [-0.25, -0.2) is 4.39 Å². The first kappa shape index (κ1) is 14.6. The van der Waals surface area contributed by atoms with E-state index in [1.54, 1.807) is 0 Å². The SMILES string of the molecule is CC(C)CC(=O)NNC(=O)c1ccc(F)cc1Br. The molecule has 0 atom stereocenters. The van der Waals surface area contributed by atoms with E-state index in [1.807, 2.05) is 13.8 Å². The number of hydrazine groups is 1. The summed E-state index contributed by atoms with van der Waals surface area (Å²) in [5, 5.41) is 0. The Labute approximate surface area is 113 Å². The van der Waals surface area contributed by atoms with Crippen LogP contribution >= 0.6 is 15.9 Å². The van der Waals surface area contributed by atoms with Crippen molar-refractivity contribution in [2.75, 3.05) is 0 Å². The van der Waals surface area contributed by atoms with Gasteiger partial charge >= 0.3 is 0 Å². The predicted octanol–water partition coefficient (Wildman–Crippen LogP) is 2.40. The molecule has 0 saturated heterocycles. The minimum absolute atomic E-state index is 0.208. The van der Waals surface area contributed by atoms with Crippen molar-refractivity contribution in [1.29, 1.82) is 0 Å². The number of carbonyl (C=O) groups is 2. The molecule has 98 valence electrons. The van der Waals surface area contributed by atoms with Crippen molar-refractivity contribution in [3.63, 3.8) is 0 Å². The monoisotopic (exact) mass is 316 g/mol. The van der Waals surface area contributed by atoms with Gasteiger partial charge < -0.3 is 0 Å². The van der Waals surface area contributed by atoms with Gasteiger partial charge in [0.1, 0.15) is 5.82 Å². The highest BCUT2D eigenvalue weighted by atomic mass is 79.9. The second-order valence-corrected chi connectivity index (χ2v) is 5.08. The molecule has 0 saturated carbocycles. The van der Waals surface area contributed by atoms with E-state index in [0.29, 0.717) is 10.9 Å². The maximum Gasteiger partial charge on any atom is 0.270 e. The first-order chi connectivity index (χ1) is 8.40. The number of nitrogens with one attached hydrogen (secondary N) is 2. The van der Waals surface area contributed by atoms with Crippen molar-refractivity contribution >= 4 is 27.7 Å². The summed E-state index contributed by atoms with van der Waals surface area (Å²) < 4.78 is 13.2. The maximum absolute atomic E-state index is 12.8. The third-order valence-electron chi connectivity index (χ3n) is 2.08. The topological polar surface area (TPSA) is 58.2 Å².